The van der Waals surface area contributed by atoms with Crippen LogP contribution in [-0.4, -0.2) is 17.4 Å². The van der Waals surface area contributed by atoms with Crippen LogP contribution < -0.4 is 0 Å². The van der Waals surface area contributed by atoms with Crippen molar-refractivity contribution in [2.75, 3.05) is 0 Å². The zero-order valence-electron chi connectivity index (χ0n) is 39.0. The van der Waals surface area contributed by atoms with Crippen LogP contribution in [0, 0.1) is 16.2 Å². The van der Waals surface area contributed by atoms with Gasteiger partial charge in [0.25, 0.3) is 0 Å². The van der Waals surface area contributed by atoms with Crippen molar-refractivity contribution in [3.8, 4) is 0 Å². The van der Waals surface area contributed by atoms with Gasteiger partial charge in [0.05, 0.1) is 5.41 Å². The van der Waals surface area contributed by atoms with Crippen molar-refractivity contribution in [3.05, 3.63) is 82.9 Å². The lowest BCUT2D eigenvalue weighted by Crippen LogP contribution is -2.32. The summed E-state index contributed by atoms with van der Waals surface area (Å²) in [6.07, 6.45) is 0. The lowest BCUT2D eigenvalue weighted by atomic mass is 9.76. The molecule has 3 aromatic carbocycles. The quantitative estimate of drug-likeness (QED) is 0.216. The van der Waals surface area contributed by atoms with Gasteiger partial charge in [-0.3, -0.25) is 9.59 Å². The first-order valence-corrected chi connectivity index (χ1v) is 19.6. The molecular weight excluding hydrogens is 649 g/mol. The van der Waals surface area contributed by atoms with Gasteiger partial charge in [0.15, 0.2) is 0 Å². The van der Waals surface area contributed by atoms with E-state index >= 15 is 0 Å². The van der Waals surface area contributed by atoms with Gasteiger partial charge >= 0.3 is 5.97 Å². The highest BCUT2D eigenvalue weighted by Crippen LogP contribution is 2.36. The van der Waals surface area contributed by atoms with Crippen molar-refractivity contribution in [2.24, 2.45) is 16.2 Å². The van der Waals surface area contributed by atoms with Crippen LogP contribution in [-0.2, 0) is 36.0 Å². The molecule has 0 radical (unpaired) electrons. The molecule has 0 saturated carbocycles. The normalized spacial score (nSPS) is 13.1. The smallest absolute Gasteiger partial charge is 0.311 e. The van der Waals surface area contributed by atoms with Crippen molar-refractivity contribution in [2.45, 2.75) is 193 Å². The molecule has 300 valence electrons. The largest absolute Gasteiger partial charge is 0.460 e. The van der Waals surface area contributed by atoms with Crippen LogP contribution in [0.3, 0.4) is 0 Å². The van der Waals surface area contributed by atoms with E-state index < -0.39 is 5.41 Å². The zero-order chi connectivity index (χ0) is 42.4. The van der Waals surface area contributed by atoms with Gasteiger partial charge < -0.3 is 4.74 Å². The average Bonchev–Trinajstić information content (AvgIpc) is 2.93. The van der Waals surface area contributed by atoms with Gasteiger partial charge in [-0.05, 0) is 96.2 Å². The standard InChI is InChI=1S/C18H24.C14H22.C9H18O2.C9H18O/c1-17(2,3)15-11-12-16(18(4,5)6)14-10-8-7-9-13(14)15;1-13(2,3)11-7-9-12(10-8-11)14(4,5)6;1-8(2,3)7(10)11-9(4,5)6;1-8(2,3)7(10)9(4,5)6/h7-12H,1-6H3;7-10H,1-6H3;1-6H3;1-6H3. The van der Waals surface area contributed by atoms with Gasteiger partial charge in [0.2, 0.25) is 0 Å². The minimum Gasteiger partial charge on any atom is -0.460 e. The third-order valence-electron chi connectivity index (χ3n) is 8.53. The number of rotatable bonds is 0. The molecular formula is C50H82O3. The van der Waals surface area contributed by atoms with Crippen molar-refractivity contribution in [3.63, 3.8) is 0 Å². The molecule has 0 aliphatic carbocycles. The molecule has 0 aliphatic rings. The molecule has 3 nitrogen and oxygen atoms in total. The van der Waals surface area contributed by atoms with E-state index in [2.05, 4.69) is 144 Å². The molecule has 53 heavy (non-hydrogen) atoms. The van der Waals surface area contributed by atoms with Crippen LogP contribution in [0.5, 0.6) is 0 Å². The predicted molar refractivity (Wildman–Crippen MR) is 234 cm³/mol. The predicted octanol–water partition coefficient (Wildman–Crippen LogP) is 14.7. The monoisotopic (exact) mass is 731 g/mol. The Balaban J connectivity index is 0.000000702. The minimum atomic E-state index is -0.396. The number of carbonyl (C=O) groups excluding carboxylic acids is 2. The molecule has 0 aromatic heterocycles. The third-order valence-corrected chi connectivity index (χ3v) is 8.53. The van der Waals surface area contributed by atoms with Gasteiger partial charge in [-0.1, -0.05) is 185 Å². The molecule has 0 bridgehead atoms. The van der Waals surface area contributed by atoms with Crippen LogP contribution >= 0.6 is 0 Å². The van der Waals surface area contributed by atoms with E-state index in [-0.39, 0.29) is 44.1 Å². The Morgan fingerprint density at radius 1 is 0.377 bits per heavy atom. The molecule has 3 rings (SSSR count). The van der Waals surface area contributed by atoms with Gasteiger partial charge in [-0.15, -0.1) is 0 Å². The second-order valence-corrected chi connectivity index (χ2v) is 22.9. The first-order chi connectivity index (χ1) is 23.2. The summed E-state index contributed by atoms with van der Waals surface area (Å²) in [6, 6.07) is 22.4. The van der Waals surface area contributed by atoms with Gasteiger partial charge in [0.1, 0.15) is 11.4 Å². The summed E-state index contributed by atoms with van der Waals surface area (Å²) in [5.74, 6) is 0.171. The highest BCUT2D eigenvalue weighted by molar-refractivity contribution is 5.90. The number of hydrogen-bond donors (Lipinski definition) is 0. The van der Waals surface area contributed by atoms with E-state index in [9.17, 15) is 9.59 Å². The number of hydrogen-bond acceptors (Lipinski definition) is 3. The van der Waals surface area contributed by atoms with Crippen LogP contribution in [0.15, 0.2) is 60.7 Å². The highest BCUT2D eigenvalue weighted by Gasteiger charge is 2.32. The Bertz CT molecular complexity index is 1490. The molecule has 3 heteroatoms. The van der Waals surface area contributed by atoms with Crippen LogP contribution in [0.25, 0.3) is 10.8 Å². The molecule has 0 spiro atoms. The van der Waals surface area contributed by atoms with Crippen LogP contribution in [0.2, 0.25) is 0 Å². The summed E-state index contributed by atoms with van der Waals surface area (Å²) in [5, 5.41) is 2.80. The number of esters is 1. The Hall–Kier alpha value is -2.94. The van der Waals surface area contributed by atoms with Gasteiger partial charge in [0, 0.05) is 10.8 Å². The summed E-state index contributed by atoms with van der Waals surface area (Å²) < 4.78 is 5.16. The summed E-state index contributed by atoms with van der Waals surface area (Å²) in [6.45, 7) is 50.1. The van der Waals surface area contributed by atoms with E-state index in [1.54, 1.807) is 0 Å². The molecule has 0 amide bonds. The van der Waals surface area contributed by atoms with E-state index in [4.69, 9.17) is 4.74 Å². The van der Waals surface area contributed by atoms with Crippen LogP contribution in [0.4, 0.5) is 0 Å². The molecule has 0 heterocycles. The summed E-state index contributed by atoms with van der Waals surface area (Å²) in [4.78, 5) is 22.7. The average molecular weight is 731 g/mol. The van der Waals surface area contributed by atoms with Crippen molar-refractivity contribution < 1.29 is 14.3 Å². The first kappa shape index (κ1) is 50.1. The summed E-state index contributed by atoms with van der Waals surface area (Å²) in [7, 11) is 0. The lowest BCUT2D eigenvalue weighted by molar-refractivity contribution is -0.164. The lowest BCUT2D eigenvalue weighted by Gasteiger charge is -2.26. The fourth-order valence-corrected chi connectivity index (χ4v) is 5.63. The molecule has 0 unspecified atom stereocenters. The topological polar surface area (TPSA) is 43.4 Å². The van der Waals surface area contributed by atoms with Crippen LogP contribution in [0.1, 0.15) is 188 Å². The van der Waals surface area contributed by atoms with E-state index in [1.807, 2.05) is 83.1 Å². The maximum Gasteiger partial charge on any atom is 0.311 e. The van der Waals surface area contributed by atoms with Crippen molar-refractivity contribution in [1.29, 1.82) is 0 Å². The van der Waals surface area contributed by atoms with Gasteiger partial charge in [-0.25, -0.2) is 0 Å². The first-order valence-electron chi connectivity index (χ1n) is 19.6. The SMILES string of the molecule is CC(C)(C)C(=O)C(C)(C)C.CC(C)(C)OC(=O)C(C)(C)C.CC(C)(C)c1ccc(C(C)(C)C)c2ccccc12.CC(C)(C)c1ccc(C(C)(C)C)cc1. The molecule has 0 aliphatic heterocycles. The number of ether oxygens (including phenoxy) is 1. The minimum absolute atomic E-state index is 0.148. The Labute approximate surface area is 328 Å². The maximum absolute atomic E-state index is 11.5. The zero-order valence-corrected chi connectivity index (χ0v) is 39.0. The number of benzene rings is 3. The number of Topliss-reactive ketones (excluding diaryl/α,β-unsaturated/α-hetero) is 1. The fourth-order valence-electron chi connectivity index (χ4n) is 5.63. The Kier molecular flexibility index (Phi) is 16.7. The molecule has 0 fully saturated rings. The Morgan fingerprint density at radius 2 is 0.660 bits per heavy atom. The third kappa shape index (κ3) is 17.8. The molecule has 0 N–H and O–H groups in total. The van der Waals surface area contributed by atoms with E-state index in [0.717, 1.165) is 0 Å². The summed E-state index contributed by atoms with van der Waals surface area (Å²) >= 11 is 0. The van der Waals surface area contributed by atoms with E-state index in [1.165, 1.54) is 33.0 Å². The Morgan fingerprint density at radius 3 is 0.811 bits per heavy atom. The number of fused-ring (bicyclic) bond motifs is 1. The van der Waals surface area contributed by atoms with Crippen molar-refractivity contribution in [1.82, 2.24) is 0 Å². The molecule has 0 atom stereocenters. The number of carbonyl (C=O) groups is 2. The summed E-state index contributed by atoms with van der Waals surface area (Å²) in [5.41, 5.74) is 5.43. The highest BCUT2D eigenvalue weighted by atomic mass is 16.6. The molecule has 0 saturated heterocycles. The number of ketones is 1. The van der Waals surface area contributed by atoms with E-state index in [0.29, 0.717) is 5.78 Å². The second-order valence-electron chi connectivity index (χ2n) is 22.9. The molecule has 3 aromatic rings. The fraction of sp³-hybridized carbons (Fsp3) is 0.640. The second kappa shape index (κ2) is 17.7. The van der Waals surface area contributed by atoms with Crippen molar-refractivity contribution >= 4 is 22.5 Å². The maximum atomic E-state index is 11.5. The van der Waals surface area contributed by atoms with Gasteiger partial charge in [-0.2, -0.15) is 0 Å².